The third-order valence-electron chi connectivity index (χ3n) is 3.48. The zero-order chi connectivity index (χ0) is 13.0. The number of nitrogens with one attached hydrogen (secondary N) is 1. The van der Waals surface area contributed by atoms with Crippen molar-refractivity contribution in [1.82, 2.24) is 10.2 Å². The molecule has 3 heteroatoms. The topological polar surface area (TPSA) is 28.4 Å². The number of hydrogen-bond donors (Lipinski definition) is 1. The van der Waals surface area contributed by atoms with Crippen LogP contribution in [0.4, 0.5) is 0 Å². The van der Waals surface area contributed by atoms with Crippen molar-refractivity contribution in [2.75, 3.05) is 19.6 Å². The molecular formula is C15H26N2O. The summed E-state index contributed by atoms with van der Waals surface area (Å²) in [5.41, 5.74) is 0. The second-order valence-corrected chi connectivity index (χ2v) is 5.81. The van der Waals surface area contributed by atoms with Gasteiger partial charge in [-0.25, -0.2) is 0 Å². The lowest BCUT2D eigenvalue weighted by atomic mass is 10.2. The first-order chi connectivity index (χ1) is 8.66. The van der Waals surface area contributed by atoms with E-state index in [-0.39, 0.29) is 0 Å². The highest BCUT2D eigenvalue weighted by Crippen LogP contribution is 2.27. The molecule has 1 heterocycles. The first-order valence-corrected chi connectivity index (χ1v) is 7.17. The molecule has 0 amide bonds. The molecule has 0 saturated heterocycles. The summed E-state index contributed by atoms with van der Waals surface area (Å²) in [5.74, 6) is 1.78. The van der Waals surface area contributed by atoms with Gasteiger partial charge in [0.05, 0.1) is 12.3 Å². The molecule has 1 unspecified atom stereocenters. The molecule has 102 valence electrons. The quantitative estimate of drug-likeness (QED) is 0.768. The Morgan fingerprint density at radius 2 is 2.17 bits per heavy atom. The second kappa shape index (κ2) is 6.39. The number of rotatable bonds is 8. The molecule has 1 N–H and O–H groups in total. The molecule has 0 aliphatic heterocycles. The Hall–Kier alpha value is -0.800. The zero-order valence-electron chi connectivity index (χ0n) is 11.9. The van der Waals surface area contributed by atoms with Gasteiger partial charge in [0.15, 0.2) is 0 Å². The van der Waals surface area contributed by atoms with Gasteiger partial charge in [-0.1, -0.05) is 13.8 Å². The number of hydrogen-bond acceptors (Lipinski definition) is 3. The standard InChI is InChI=1S/C15H26N2O/c1-12(2)11-17(14-6-7-14)9-8-16-13(3)15-5-4-10-18-15/h4-5,10,12-14,16H,6-9,11H2,1-3H3. The molecule has 3 nitrogen and oxygen atoms in total. The van der Waals surface area contributed by atoms with Gasteiger partial charge in [0.25, 0.3) is 0 Å². The Kier molecular flexibility index (Phi) is 4.84. The van der Waals surface area contributed by atoms with Gasteiger partial charge in [-0.2, -0.15) is 0 Å². The molecule has 2 rings (SSSR count). The number of nitrogens with zero attached hydrogens (tertiary/aromatic N) is 1. The van der Waals surface area contributed by atoms with Gasteiger partial charge in [-0.05, 0) is 37.8 Å². The molecule has 1 atom stereocenters. The summed E-state index contributed by atoms with van der Waals surface area (Å²) in [6, 6.07) is 5.14. The average molecular weight is 250 g/mol. The van der Waals surface area contributed by atoms with Gasteiger partial charge in [0.1, 0.15) is 5.76 Å². The molecule has 0 aromatic carbocycles. The van der Waals surface area contributed by atoms with Crippen molar-refractivity contribution < 1.29 is 4.42 Å². The highest BCUT2D eigenvalue weighted by molar-refractivity contribution is 5.02. The van der Waals surface area contributed by atoms with Crippen molar-refractivity contribution in [1.29, 1.82) is 0 Å². The van der Waals surface area contributed by atoms with Crippen molar-refractivity contribution in [2.24, 2.45) is 5.92 Å². The molecule has 1 aliphatic carbocycles. The van der Waals surface area contributed by atoms with Crippen LogP contribution in [0.25, 0.3) is 0 Å². The van der Waals surface area contributed by atoms with E-state index in [1.54, 1.807) is 6.26 Å². The lowest BCUT2D eigenvalue weighted by Crippen LogP contribution is -2.36. The van der Waals surface area contributed by atoms with Crippen LogP contribution in [0.3, 0.4) is 0 Å². The maximum atomic E-state index is 5.40. The van der Waals surface area contributed by atoms with E-state index in [2.05, 4.69) is 31.0 Å². The van der Waals surface area contributed by atoms with E-state index in [1.165, 1.54) is 19.4 Å². The summed E-state index contributed by atoms with van der Waals surface area (Å²) in [5, 5.41) is 3.54. The second-order valence-electron chi connectivity index (χ2n) is 5.81. The van der Waals surface area contributed by atoms with Crippen LogP contribution in [0, 0.1) is 5.92 Å². The van der Waals surface area contributed by atoms with Crippen LogP contribution in [0.1, 0.15) is 45.4 Å². The minimum atomic E-state index is 0.306. The fraction of sp³-hybridized carbons (Fsp3) is 0.733. The van der Waals surface area contributed by atoms with Crippen molar-refractivity contribution in [2.45, 2.75) is 45.7 Å². The lowest BCUT2D eigenvalue weighted by molar-refractivity contribution is 0.230. The van der Waals surface area contributed by atoms with Gasteiger partial charge in [0.2, 0.25) is 0 Å². The highest BCUT2D eigenvalue weighted by atomic mass is 16.3. The molecule has 1 saturated carbocycles. The van der Waals surface area contributed by atoms with E-state index < -0.39 is 0 Å². The van der Waals surface area contributed by atoms with Crippen molar-refractivity contribution in [3.8, 4) is 0 Å². The Morgan fingerprint density at radius 1 is 1.39 bits per heavy atom. The maximum absolute atomic E-state index is 5.40. The van der Waals surface area contributed by atoms with E-state index >= 15 is 0 Å². The zero-order valence-corrected chi connectivity index (χ0v) is 11.9. The Labute approximate surface area is 111 Å². The van der Waals surface area contributed by atoms with E-state index in [0.717, 1.165) is 30.8 Å². The third kappa shape index (κ3) is 4.14. The van der Waals surface area contributed by atoms with Crippen LogP contribution < -0.4 is 5.32 Å². The van der Waals surface area contributed by atoms with E-state index in [9.17, 15) is 0 Å². The molecule has 1 fully saturated rings. The largest absolute Gasteiger partial charge is 0.468 e. The fourth-order valence-electron chi connectivity index (χ4n) is 2.39. The van der Waals surface area contributed by atoms with E-state index in [4.69, 9.17) is 4.42 Å². The van der Waals surface area contributed by atoms with Gasteiger partial charge >= 0.3 is 0 Å². The normalized spacial score (nSPS) is 17.6. The van der Waals surface area contributed by atoms with Crippen LogP contribution in [0.15, 0.2) is 22.8 Å². The molecule has 1 aromatic heterocycles. The first-order valence-electron chi connectivity index (χ1n) is 7.17. The van der Waals surface area contributed by atoms with Crippen LogP contribution in [-0.4, -0.2) is 30.6 Å². The van der Waals surface area contributed by atoms with Crippen LogP contribution in [-0.2, 0) is 0 Å². The van der Waals surface area contributed by atoms with E-state index in [0.29, 0.717) is 6.04 Å². The number of furan rings is 1. The molecule has 1 aliphatic rings. The third-order valence-corrected chi connectivity index (χ3v) is 3.48. The van der Waals surface area contributed by atoms with Gasteiger partial charge in [-0.15, -0.1) is 0 Å². The van der Waals surface area contributed by atoms with E-state index in [1.807, 2.05) is 12.1 Å². The summed E-state index contributed by atoms with van der Waals surface area (Å²) in [7, 11) is 0. The summed E-state index contributed by atoms with van der Waals surface area (Å²) >= 11 is 0. The monoisotopic (exact) mass is 250 g/mol. The smallest absolute Gasteiger partial charge is 0.120 e. The van der Waals surface area contributed by atoms with Crippen molar-refractivity contribution >= 4 is 0 Å². The minimum absolute atomic E-state index is 0.306. The maximum Gasteiger partial charge on any atom is 0.120 e. The molecular weight excluding hydrogens is 224 g/mol. The minimum Gasteiger partial charge on any atom is -0.468 e. The van der Waals surface area contributed by atoms with Gasteiger partial charge < -0.3 is 9.73 Å². The molecule has 0 spiro atoms. The Balaban J connectivity index is 1.69. The van der Waals surface area contributed by atoms with Crippen LogP contribution in [0.5, 0.6) is 0 Å². The Bertz CT molecular complexity index is 330. The average Bonchev–Trinajstić information content (AvgIpc) is 3.02. The first kappa shape index (κ1) is 13.6. The summed E-state index contributed by atoms with van der Waals surface area (Å²) in [6.07, 6.45) is 4.52. The molecule has 0 bridgehead atoms. The van der Waals surface area contributed by atoms with Gasteiger partial charge in [-0.3, -0.25) is 4.90 Å². The summed E-state index contributed by atoms with van der Waals surface area (Å²) < 4.78 is 5.40. The highest BCUT2D eigenvalue weighted by Gasteiger charge is 2.28. The summed E-state index contributed by atoms with van der Waals surface area (Å²) in [4.78, 5) is 2.63. The summed E-state index contributed by atoms with van der Waals surface area (Å²) in [6.45, 7) is 10.2. The van der Waals surface area contributed by atoms with Crippen LogP contribution >= 0.6 is 0 Å². The Morgan fingerprint density at radius 3 is 2.72 bits per heavy atom. The molecule has 18 heavy (non-hydrogen) atoms. The molecule has 0 radical (unpaired) electrons. The van der Waals surface area contributed by atoms with Gasteiger partial charge in [0, 0.05) is 25.7 Å². The SMILES string of the molecule is CC(C)CN(CCNC(C)c1ccco1)C1CC1. The van der Waals surface area contributed by atoms with Crippen molar-refractivity contribution in [3.63, 3.8) is 0 Å². The molecule has 1 aromatic rings. The van der Waals surface area contributed by atoms with Crippen LogP contribution in [0.2, 0.25) is 0 Å². The lowest BCUT2D eigenvalue weighted by Gasteiger charge is -2.24. The van der Waals surface area contributed by atoms with Crippen molar-refractivity contribution in [3.05, 3.63) is 24.2 Å². The predicted octanol–water partition coefficient (Wildman–Crippen LogP) is 3.05. The fourth-order valence-corrected chi connectivity index (χ4v) is 2.39. The predicted molar refractivity (Wildman–Crippen MR) is 74.6 cm³/mol.